The van der Waals surface area contributed by atoms with Gasteiger partial charge in [-0.05, 0) is 37.1 Å². The highest BCUT2D eigenvalue weighted by Crippen LogP contribution is 2.37. The fourth-order valence-corrected chi connectivity index (χ4v) is 2.98. The Balaban J connectivity index is 2.17. The first-order valence-electron chi connectivity index (χ1n) is 8.18. The van der Waals surface area contributed by atoms with Crippen LogP contribution in [0.4, 0.5) is 20.2 Å². The molecule has 0 radical (unpaired) electrons. The predicted molar refractivity (Wildman–Crippen MR) is 93.6 cm³/mol. The zero-order valence-corrected chi connectivity index (χ0v) is 14.6. The molecule has 0 saturated carbocycles. The summed E-state index contributed by atoms with van der Waals surface area (Å²) in [7, 11) is 1.46. The molecule has 1 N–H and O–H groups in total. The fourth-order valence-electron chi connectivity index (χ4n) is 2.98. The van der Waals surface area contributed by atoms with Crippen LogP contribution in [-0.4, -0.2) is 25.0 Å². The van der Waals surface area contributed by atoms with Gasteiger partial charge >= 0.3 is 0 Å². The SMILES string of the molecule is CCc1ccc(F)c(C(=O)N2c3cc(OC)ccc3NC(=O)C2C)c1F. The molecule has 1 heterocycles. The lowest BCUT2D eigenvalue weighted by molar-refractivity contribution is -0.117. The summed E-state index contributed by atoms with van der Waals surface area (Å²) in [6.07, 6.45) is 0.312. The van der Waals surface area contributed by atoms with Crippen LogP contribution in [0.5, 0.6) is 5.75 Å². The Morgan fingerprint density at radius 1 is 1.27 bits per heavy atom. The molecule has 0 bridgehead atoms. The second-order valence-corrected chi connectivity index (χ2v) is 5.97. The van der Waals surface area contributed by atoms with Gasteiger partial charge in [-0.25, -0.2) is 8.78 Å². The van der Waals surface area contributed by atoms with Gasteiger partial charge in [0, 0.05) is 6.07 Å². The number of nitrogens with one attached hydrogen (secondary N) is 1. The zero-order chi connectivity index (χ0) is 19.0. The van der Waals surface area contributed by atoms with E-state index in [2.05, 4.69) is 5.32 Å². The van der Waals surface area contributed by atoms with Gasteiger partial charge in [0.05, 0.1) is 18.5 Å². The summed E-state index contributed by atoms with van der Waals surface area (Å²) in [6.45, 7) is 3.21. The lowest BCUT2D eigenvalue weighted by Gasteiger charge is -2.35. The smallest absolute Gasteiger partial charge is 0.265 e. The molecule has 0 spiro atoms. The van der Waals surface area contributed by atoms with Crippen LogP contribution in [0.1, 0.15) is 29.8 Å². The number of fused-ring (bicyclic) bond motifs is 1. The Bertz CT molecular complexity index is 899. The van der Waals surface area contributed by atoms with Crippen molar-refractivity contribution in [2.75, 3.05) is 17.3 Å². The van der Waals surface area contributed by atoms with Crippen LogP contribution < -0.4 is 15.0 Å². The molecule has 2 amide bonds. The number of rotatable bonds is 3. The van der Waals surface area contributed by atoms with E-state index >= 15 is 0 Å². The first kappa shape index (κ1) is 17.8. The van der Waals surface area contributed by atoms with E-state index in [1.54, 1.807) is 25.1 Å². The second kappa shape index (κ2) is 6.74. The number of methoxy groups -OCH3 is 1. The average Bonchev–Trinajstić information content (AvgIpc) is 2.62. The lowest BCUT2D eigenvalue weighted by atomic mass is 10.0. The van der Waals surface area contributed by atoms with E-state index in [0.717, 1.165) is 11.0 Å². The molecule has 1 atom stereocenters. The van der Waals surface area contributed by atoms with Gasteiger partial charge in [-0.2, -0.15) is 0 Å². The third-order valence-corrected chi connectivity index (χ3v) is 4.47. The van der Waals surface area contributed by atoms with Gasteiger partial charge in [-0.1, -0.05) is 13.0 Å². The standard InChI is InChI=1S/C19H18F2N2O3/c1-4-11-5-7-13(20)16(17(11)21)19(25)23-10(2)18(24)22-14-8-6-12(26-3)9-15(14)23/h5-10H,4H2,1-3H3,(H,22,24). The average molecular weight is 360 g/mol. The van der Waals surface area contributed by atoms with Crippen molar-refractivity contribution in [3.63, 3.8) is 0 Å². The van der Waals surface area contributed by atoms with Crippen molar-refractivity contribution in [1.82, 2.24) is 0 Å². The van der Waals surface area contributed by atoms with Gasteiger partial charge in [0.1, 0.15) is 29.0 Å². The topological polar surface area (TPSA) is 58.6 Å². The van der Waals surface area contributed by atoms with Gasteiger partial charge in [0.2, 0.25) is 5.91 Å². The molecule has 2 aromatic carbocycles. The van der Waals surface area contributed by atoms with Gasteiger partial charge in [-0.3, -0.25) is 14.5 Å². The highest BCUT2D eigenvalue weighted by Gasteiger charge is 2.37. The first-order valence-corrected chi connectivity index (χ1v) is 8.18. The van der Waals surface area contributed by atoms with Crippen molar-refractivity contribution >= 4 is 23.2 Å². The van der Waals surface area contributed by atoms with Crippen molar-refractivity contribution in [2.24, 2.45) is 0 Å². The van der Waals surface area contributed by atoms with Gasteiger partial charge in [0.15, 0.2) is 0 Å². The Hall–Kier alpha value is -2.96. The number of anilines is 2. The monoisotopic (exact) mass is 360 g/mol. The number of carbonyl (C=O) groups excluding carboxylic acids is 2. The van der Waals surface area contributed by atoms with Crippen molar-refractivity contribution < 1.29 is 23.1 Å². The van der Waals surface area contributed by atoms with E-state index < -0.39 is 35.1 Å². The van der Waals surface area contributed by atoms with E-state index in [4.69, 9.17) is 4.74 Å². The predicted octanol–water partition coefficient (Wildman–Crippen LogP) is 3.52. The number of nitrogens with zero attached hydrogens (tertiary/aromatic N) is 1. The maximum atomic E-state index is 14.7. The maximum Gasteiger partial charge on any atom is 0.265 e. The summed E-state index contributed by atoms with van der Waals surface area (Å²) in [5, 5.41) is 2.67. The Kier molecular flexibility index (Phi) is 4.63. The van der Waals surface area contributed by atoms with E-state index in [9.17, 15) is 18.4 Å². The van der Waals surface area contributed by atoms with E-state index in [1.165, 1.54) is 20.1 Å². The lowest BCUT2D eigenvalue weighted by Crippen LogP contribution is -2.49. The van der Waals surface area contributed by atoms with Crippen LogP contribution in [0.2, 0.25) is 0 Å². The summed E-state index contributed by atoms with van der Waals surface area (Å²) < 4.78 is 34.1. The summed E-state index contributed by atoms with van der Waals surface area (Å²) in [4.78, 5) is 26.4. The van der Waals surface area contributed by atoms with E-state index in [1.807, 2.05) is 0 Å². The molecule has 0 saturated heterocycles. The molecule has 1 aliphatic rings. The normalized spacial score (nSPS) is 16.1. The van der Waals surface area contributed by atoms with Gasteiger partial charge < -0.3 is 10.1 Å². The van der Waals surface area contributed by atoms with Crippen LogP contribution in [0.3, 0.4) is 0 Å². The molecular weight excluding hydrogens is 342 g/mol. The van der Waals surface area contributed by atoms with Crippen LogP contribution in [0, 0.1) is 11.6 Å². The van der Waals surface area contributed by atoms with Crippen LogP contribution in [-0.2, 0) is 11.2 Å². The first-order chi connectivity index (χ1) is 12.4. The number of carbonyl (C=O) groups is 2. The quantitative estimate of drug-likeness (QED) is 0.911. The number of hydrogen-bond donors (Lipinski definition) is 1. The van der Waals surface area contributed by atoms with E-state index in [0.29, 0.717) is 23.5 Å². The fraction of sp³-hybridized carbons (Fsp3) is 0.263. The summed E-state index contributed by atoms with van der Waals surface area (Å²) in [5.74, 6) is -2.77. The molecule has 0 fully saturated rings. The minimum atomic E-state index is -0.965. The molecule has 1 aliphatic heterocycles. The number of hydrogen-bond acceptors (Lipinski definition) is 3. The summed E-state index contributed by atoms with van der Waals surface area (Å²) >= 11 is 0. The Morgan fingerprint density at radius 2 is 2.00 bits per heavy atom. The molecule has 5 nitrogen and oxygen atoms in total. The van der Waals surface area contributed by atoms with Crippen molar-refractivity contribution in [3.8, 4) is 5.75 Å². The molecule has 26 heavy (non-hydrogen) atoms. The molecular formula is C19H18F2N2O3. The highest BCUT2D eigenvalue weighted by atomic mass is 19.1. The highest BCUT2D eigenvalue weighted by molar-refractivity contribution is 6.16. The number of halogens is 2. The molecule has 0 aromatic heterocycles. The number of amides is 2. The number of aryl methyl sites for hydroxylation is 1. The van der Waals surface area contributed by atoms with Crippen molar-refractivity contribution in [2.45, 2.75) is 26.3 Å². The van der Waals surface area contributed by atoms with E-state index in [-0.39, 0.29) is 5.56 Å². The largest absolute Gasteiger partial charge is 0.497 e. The number of benzene rings is 2. The van der Waals surface area contributed by atoms with Crippen LogP contribution in [0.25, 0.3) is 0 Å². The minimum absolute atomic E-state index is 0.231. The van der Waals surface area contributed by atoms with Crippen LogP contribution in [0.15, 0.2) is 30.3 Å². The summed E-state index contributed by atoms with van der Waals surface area (Å²) in [5.41, 5.74) is 0.256. The Labute approximate surface area is 149 Å². The zero-order valence-electron chi connectivity index (χ0n) is 14.6. The summed E-state index contributed by atoms with van der Waals surface area (Å²) in [6, 6.07) is 6.18. The second-order valence-electron chi connectivity index (χ2n) is 5.97. The third kappa shape index (κ3) is 2.79. The Morgan fingerprint density at radius 3 is 2.65 bits per heavy atom. The van der Waals surface area contributed by atoms with Gasteiger partial charge in [-0.15, -0.1) is 0 Å². The van der Waals surface area contributed by atoms with Crippen molar-refractivity contribution in [3.05, 3.63) is 53.1 Å². The van der Waals surface area contributed by atoms with Crippen molar-refractivity contribution in [1.29, 1.82) is 0 Å². The molecule has 2 aromatic rings. The molecule has 7 heteroatoms. The van der Waals surface area contributed by atoms with Crippen LogP contribution >= 0.6 is 0 Å². The maximum absolute atomic E-state index is 14.7. The molecule has 1 unspecified atom stereocenters. The van der Waals surface area contributed by atoms with Gasteiger partial charge in [0.25, 0.3) is 5.91 Å². The molecule has 3 rings (SSSR count). The molecule has 0 aliphatic carbocycles. The third-order valence-electron chi connectivity index (χ3n) is 4.47. The molecule has 136 valence electrons. The minimum Gasteiger partial charge on any atom is -0.497 e. The number of ether oxygens (including phenoxy) is 1.